The second-order valence-corrected chi connectivity index (χ2v) is 7.91. The Labute approximate surface area is 131 Å². The van der Waals surface area contributed by atoms with Gasteiger partial charge in [-0.15, -0.1) is 11.3 Å². The fourth-order valence-corrected chi connectivity index (χ4v) is 4.70. The highest BCUT2D eigenvalue weighted by molar-refractivity contribution is 7.15. The molecule has 2 heterocycles. The van der Waals surface area contributed by atoms with Gasteiger partial charge in [-0.1, -0.05) is 33.6 Å². The van der Waals surface area contributed by atoms with Crippen molar-refractivity contribution in [2.24, 2.45) is 11.3 Å². The zero-order chi connectivity index (χ0) is 14.9. The van der Waals surface area contributed by atoms with Gasteiger partial charge in [-0.3, -0.25) is 4.40 Å². The Kier molecular flexibility index (Phi) is 4.36. The van der Waals surface area contributed by atoms with Crippen molar-refractivity contribution in [2.75, 3.05) is 6.54 Å². The molecule has 2 atom stereocenters. The SMILES string of the molecule is CCNC(Cc1cn2ccsc2n1)C1CCCCC1(C)C. The normalized spacial score (nSPS) is 23.5. The molecule has 0 spiro atoms. The zero-order valence-corrected chi connectivity index (χ0v) is 14.2. The maximum atomic E-state index is 4.78. The van der Waals surface area contributed by atoms with Crippen molar-refractivity contribution < 1.29 is 0 Å². The van der Waals surface area contributed by atoms with Crippen molar-refractivity contribution in [1.82, 2.24) is 14.7 Å². The van der Waals surface area contributed by atoms with Gasteiger partial charge in [-0.05, 0) is 30.7 Å². The molecule has 0 bridgehead atoms. The van der Waals surface area contributed by atoms with Crippen LogP contribution in [0.4, 0.5) is 0 Å². The number of fused-ring (bicyclic) bond motifs is 1. The first-order chi connectivity index (χ1) is 10.1. The van der Waals surface area contributed by atoms with Crippen LogP contribution in [0.3, 0.4) is 0 Å². The first kappa shape index (κ1) is 15.0. The molecule has 0 aliphatic heterocycles. The Morgan fingerprint density at radius 1 is 1.48 bits per heavy atom. The van der Waals surface area contributed by atoms with E-state index >= 15 is 0 Å². The highest BCUT2D eigenvalue weighted by Crippen LogP contribution is 2.42. The van der Waals surface area contributed by atoms with Crippen LogP contribution in [0.5, 0.6) is 0 Å². The minimum atomic E-state index is 0.447. The van der Waals surface area contributed by atoms with Crippen LogP contribution in [0, 0.1) is 11.3 Å². The summed E-state index contributed by atoms with van der Waals surface area (Å²) in [6.45, 7) is 8.16. The van der Waals surface area contributed by atoms with Crippen molar-refractivity contribution >= 4 is 16.3 Å². The van der Waals surface area contributed by atoms with Gasteiger partial charge in [-0.2, -0.15) is 0 Å². The van der Waals surface area contributed by atoms with Crippen molar-refractivity contribution in [2.45, 2.75) is 58.9 Å². The van der Waals surface area contributed by atoms with Crippen LogP contribution < -0.4 is 5.32 Å². The minimum absolute atomic E-state index is 0.447. The summed E-state index contributed by atoms with van der Waals surface area (Å²) < 4.78 is 2.15. The monoisotopic (exact) mass is 305 g/mol. The number of aromatic nitrogens is 2. The molecular formula is C17H27N3S. The molecular weight excluding hydrogens is 278 g/mol. The van der Waals surface area contributed by atoms with Gasteiger partial charge < -0.3 is 5.32 Å². The third-order valence-electron chi connectivity index (χ3n) is 5.11. The second kappa shape index (κ2) is 6.09. The summed E-state index contributed by atoms with van der Waals surface area (Å²) in [5.41, 5.74) is 1.68. The van der Waals surface area contributed by atoms with E-state index < -0.39 is 0 Å². The Balaban J connectivity index is 1.78. The Hall–Kier alpha value is -0.870. The van der Waals surface area contributed by atoms with Gasteiger partial charge in [0, 0.05) is 30.2 Å². The molecule has 2 unspecified atom stereocenters. The van der Waals surface area contributed by atoms with Crippen LogP contribution in [-0.4, -0.2) is 22.0 Å². The van der Waals surface area contributed by atoms with Gasteiger partial charge >= 0.3 is 0 Å². The van der Waals surface area contributed by atoms with Crippen molar-refractivity contribution in [3.63, 3.8) is 0 Å². The number of likely N-dealkylation sites (N-methyl/N-ethyl adjacent to an activating group) is 1. The summed E-state index contributed by atoms with van der Waals surface area (Å²) >= 11 is 1.72. The molecule has 1 N–H and O–H groups in total. The van der Waals surface area contributed by atoms with E-state index in [-0.39, 0.29) is 0 Å². The Morgan fingerprint density at radius 3 is 3.05 bits per heavy atom. The van der Waals surface area contributed by atoms with Crippen LogP contribution in [0.1, 0.15) is 52.1 Å². The standard InChI is InChI=1S/C17H27N3S/c1-4-18-15(14-7-5-6-8-17(14,2)3)11-13-12-20-9-10-21-16(20)19-13/h9-10,12,14-15,18H,4-8,11H2,1-3H3. The number of hydrogen-bond acceptors (Lipinski definition) is 3. The molecule has 1 saturated carbocycles. The quantitative estimate of drug-likeness (QED) is 0.900. The number of imidazole rings is 1. The topological polar surface area (TPSA) is 29.3 Å². The molecule has 21 heavy (non-hydrogen) atoms. The molecule has 2 aromatic heterocycles. The van der Waals surface area contributed by atoms with E-state index in [1.807, 2.05) is 0 Å². The van der Waals surface area contributed by atoms with Gasteiger partial charge in [0.2, 0.25) is 0 Å². The maximum Gasteiger partial charge on any atom is 0.193 e. The summed E-state index contributed by atoms with van der Waals surface area (Å²) in [7, 11) is 0. The fraction of sp³-hybridized carbons (Fsp3) is 0.706. The lowest BCUT2D eigenvalue weighted by atomic mass is 9.65. The predicted molar refractivity (Wildman–Crippen MR) is 90.0 cm³/mol. The van der Waals surface area contributed by atoms with E-state index in [0.717, 1.165) is 23.8 Å². The van der Waals surface area contributed by atoms with Gasteiger partial charge in [0.1, 0.15) is 0 Å². The first-order valence-electron chi connectivity index (χ1n) is 8.24. The molecule has 3 nitrogen and oxygen atoms in total. The molecule has 0 saturated heterocycles. The molecule has 2 aromatic rings. The highest BCUT2D eigenvalue weighted by Gasteiger charge is 2.37. The average Bonchev–Trinajstić information content (AvgIpc) is 2.98. The smallest absolute Gasteiger partial charge is 0.193 e. The second-order valence-electron chi connectivity index (χ2n) is 7.03. The van der Waals surface area contributed by atoms with E-state index in [0.29, 0.717) is 11.5 Å². The molecule has 1 fully saturated rings. The molecule has 1 aliphatic rings. The lowest BCUT2D eigenvalue weighted by Gasteiger charge is -2.43. The molecule has 0 aromatic carbocycles. The van der Waals surface area contributed by atoms with Gasteiger partial charge in [0.05, 0.1) is 5.69 Å². The van der Waals surface area contributed by atoms with E-state index in [2.05, 4.69) is 48.3 Å². The lowest BCUT2D eigenvalue weighted by Crippen LogP contribution is -2.46. The number of hydrogen-bond donors (Lipinski definition) is 1. The summed E-state index contributed by atoms with van der Waals surface area (Å²) in [4.78, 5) is 5.89. The minimum Gasteiger partial charge on any atom is -0.314 e. The average molecular weight is 305 g/mol. The fourth-order valence-electron chi connectivity index (χ4n) is 3.99. The summed E-state index contributed by atoms with van der Waals surface area (Å²) in [5.74, 6) is 0.755. The Morgan fingerprint density at radius 2 is 2.33 bits per heavy atom. The number of rotatable bonds is 5. The largest absolute Gasteiger partial charge is 0.314 e. The highest BCUT2D eigenvalue weighted by atomic mass is 32.1. The molecule has 1 aliphatic carbocycles. The molecule has 116 valence electrons. The zero-order valence-electron chi connectivity index (χ0n) is 13.4. The third-order valence-corrected chi connectivity index (χ3v) is 5.88. The van der Waals surface area contributed by atoms with Crippen molar-refractivity contribution in [1.29, 1.82) is 0 Å². The maximum absolute atomic E-state index is 4.78. The van der Waals surface area contributed by atoms with Crippen LogP contribution in [0.15, 0.2) is 17.8 Å². The van der Waals surface area contributed by atoms with E-state index in [9.17, 15) is 0 Å². The van der Waals surface area contributed by atoms with E-state index in [1.54, 1.807) is 11.3 Å². The van der Waals surface area contributed by atoms with E-state index in [4.69, 9.17) is 4.98 Å². The summed E-state index contributed by atoms with van der Waals surface area (Å²) in [6.07, 6.45) is 10.8. The first-order valence-corrected chi connectivity index (χ1v) is 9.12. The molecule has 0 radical (unpaired) electrons. The summed E-state index contributed by atoms with van der Waals surface area (Å²) in [5, 5.41) is 5.84. The predicted octanol–water partition coefficient (Wildman–Crippen LogP) is 4.13. The van der Waals surface area contributed by atoms with Gasteiger partial charge in [0.15, 0.2) is 4.96 Å². The third kappa shape index (κ3) is 3.16. The summed E-state index contributed by atoms with van der Waals surface area (Å²) in [6, 6.07) is 0.551. The number of nitrogens with one attached hydrogen (secondary N) is 1. The van der Waals surface area contributed by atoms with Crippen LogP contribution in [0.2, 0.25) is 0 Å². The van der Waals surface area contributed by atoms with E-state index in [1.165, 1.54) is 31.4 Å². The molecule has 3 rings (SSSR count). The van der Waals surface area contributed by atoms with Crippen LogP contribution in [-0.2, 0) is 6.42 Å². The Bertz CT molecular complexity index is 555. The van der Waals surface area contributed by atoms with Gasteiger partial charge in [0.25, 0.3) is 0 Å². The van der Waals surface area contributed by atoms with Crippen molar-refractivity contribution in [3.8, 4) is 0 Å². The van der Waals surface area contributed by atoms with Crippen LogP contribution in [0.25, 0.3) is 4.96 Å². The molecule has 4 heteroatoms. The molecule has 0 amide bonds. The van der Waals surface area contributed by atoms with Crippen molar-refractivity contribution in [3.05, 3.63) is 23.5 Å². The number of nitrogens with zero attached hydrogens (tertiary/aromatic N) is 2. The van der Waals surface area contributed by atoms with Gasteiger partial charge in [-0.25, -0.2) is 4.98 Å². The number of thiazole rings is 1. The van der Waals surface area contributed by atoms with Crippen LogP contribution >= 0.6 is 11.3 Å². The lowest BCUT2D eigenvalue weighted by molar-refractivity contribution is 0.0984.